The fourth-order valence-electron chi connectivity index (χ4n) is 6.61. The molecule has 4 fully saturated rings. The SMILES string of the molecule is O=C([O-])c1cn(C2CC2)c2cc(N3CCNCC3)c(F)cc2c1=O.O=C([O-])c1cn(C2CC2)c2cc(N3CCNCC3)c(F)cc2c1=O.[O-2].[O-2].[U]. The molecule has 2 saturated carbocycles. The minimum Gasteiger partial charge on any atom is -2.00 e. The standard InChI is InChI=1S/2C17H18FN3O3.2O.U/c2*18-13-7-11-14(8-15(13)20-5-3-19-4-6-20)21(10-1-2-10)9-12(16(11)22)17(23)24;;;/h2*7-10,19H,1-6H2,(H,23,24);;;/q;;2*-2;/p-2. The largest absolute Gasteiger partial charge is 2.00 e. The molecule has 0 spiro atoms. The number of carboxylic acids is 2. The molecule has 0 bridgehead atoms. The van der Waals surface area contributed by atoms with Gasteiger partial charge in [0, 0.05) is 119 Å². The van der Waals surface area contributed by atoms with Crippen LogP contribution in [0.4, 0.5) is 20.2 Å². The Hall–Kier alpha value is -3.85. The van der Waals surface area contributed by atoms with Crippen molar-refractivity contribution in [2.75, 3.05) is 62.2 Å². The Kier molecular flexibility index (Phi) is 12.7. The van der Waals surface area contributed by atoms with E-state index in [2.05, 4.69) is 10.6 Å². The van der Waals surface area contributed by atoms with Gasteiger partial charge in [0.15, 0.2) is 10.9 Å². The molecule has 272 valence electrons. The summed E-state index contributed by atoms with van der Waals surface area (Å²) in [4.78, 5) is 51.1. The number of carbonyl (C=O) groups excluding carboxylic acids is 2. The van der Waals surface area contributed by atoms with Crippen molar-refractivity contribution in [1.29, 1.82) is 0 Å². The summed E-state index contributed by atoms with van der Waals surface area (Å²) in [6, 6.07) is 6.00. The van der Waals surface area contributed by atoms with Gasteiger partial charge in [0.25, 0.3) is 0 Å². The van der Waals surface area contributed by atoms with Gasteiger partial charge in [0.05, 0.1) is 45.5 Å². The Labute approximate surface area is 314 Å². The third kappa shape index (κ3) is 7.98. The molecule has 4 aromatic rings. The number of aromatic nitrogens is 2. The van der Waals surface area contributed by atoms with Crippen molar-refractivity contribution in [2.24, 2.45) is 0 Å². The molecule has 14 nitrogen and oxygen atoms in total. The summed E-state index contributed by atoms with van der Waals surface area (Å²) in [5.74, 6) is -4.05. The Morgan fingerprint density at radius 2 is 0.961 bits per heavy atom. The van der Waals surface area contributed by atoms with E-state index in [1.807, 2.05) is 9.80 Å². The average molecular weight is 931 g/mol. The third-order valence-corrected chi connectivity index (χ3v) is 9.44. The average Bonchev–Trinajstić information content (AvgIpc) is 4.01. The molecule has 2 saturated heterocycles. The first-order valence-corrected chi connectivity index (χ1v) is 16.2. The quantitative estimate of drug-likeness (QED) is 0.270. The van der Waals surface area contributed by atoms with Crippen LogP contribution in [0.15, 0.2) is 46.2 Å². The normalized spacial score (nSPS) is 17.1. The van der Waals surface area contributed by atoms with E-state index in [1.165, 1.54) is 24.5 Å². The summed E-state index contributed by atoms with van der Waals surface area (Å²) in [6.07, 6.45) is 6.37. The second kappa shape index (κ2) is 16.2. The molecule has 2 aliphatic carbocycles. The van der Waals surface area contributed by atoms with E-state index in [1.54, 1.807) is 21.3 Å². The number of pyridine rings is 2. The first-order valence-electron chi connectivity index (χ1n) is 16.2. The van der Waals surface area contributed by atoms with Crippen LogP contribution in [0.25, 0.3) is 21.8 Å². The van der Waals surface area contributed by atoms with Gasteiger partial charge < -0.3 is 60.3 Å². The number of hydrogen-bond acceptors (Lipinski definition) is 10. The minimum atomic E-state index is -1.53. The zero-order valence-corrected chi connectivity index (χ0v) is 31.6. The van der Waals surface area contributed by atoms with Crippen molar-refractivity contribution in [3.63, 3.8) is 0 Å². The fraction of sp³-hybridized carbons (Fsp3) is 0.412. The van der Waals surface area contributed by atoms with Crippen molar-refractivity contribution in [3.8, 4) is 0 Å². The topological polar surface area (TPSA) is 212 Å². The van der Waals surface area contributed by atoms with Crippen LogP contribution in [-0.2, 0) is 11.0 Å². The van der Waals surface area contributed by atoms with Gasteiger partial charge in [0.2, 0.25) is 0 Å². The van der Waals surface area contributed by atoms with Gasteiger partial charge in [-0.05, 0) is 49.9 Å². The monoisotopic (exact) mass is 930 g/mol. The molecule has 2 N–H and O–H groups in total. The maximum Gasteiger partial charge on any atom is 0.198 e. The van der Waals surface area contributed by atoms with Gasteiger partial charge in [-0.3, -0.25) is 9.59 Å². The molecule has 0 radical (unpaired) electrons. The van der Waals surface area contributed by atoms with Crippen LogP contribution >= 0.6 is 0 Å². The number of halogens is 2. The smallest absolute Gasteiger partial charge is 0.198 e. The summed E-state index contributed by atoms with van der Waals surface area (Å²) in [5, 5.41) is 29.1. The zero-order valence-electron chi connectivity index (χ0n) is 27.4. The summed E-state index contributed by atoms with van der Waals surface area (Å²) < 4.78 is 32.8. The van der Waals surface area contributed by atoms with E-state index < -0.39 is 45.6 Å². The van der Waals surface area contributed by atoms with Crippen LogP contribution in [0.3, 0.4) is 0 Å². The van der Waals surface area contributed by atoms with Crippen LogP contribution in [-0.4, -0.2) is 73.4 Å². The summed E-state index contributed by atoms with van der Waals surface area (Å²) in [5.41, 5.74) is -0.115. The Morgan fingerprint density at radius 1 is 0.627 bits per heavy atom. The van der Waals surface area contributed by atoms with Crippen molar-refractivity contribution in [3.05, 3.63) is 79.9 Å². The van der Waals surface area contributed by atoms with Gasteiger partial charge in [-0.15, -0.1) is 0 Å². The molecular formula is C34H34F2N6O8U-6. The number of nitrogens with one attached hydrogen (secondary N) is 2. The van der Waals surface area contributed by atoms with Crippen LogP contribution in [0.1, 0.15) is 58.5 Å². The minimum absolute atomic E-state index is 0. The fourth-order valence-corrected chi connectivity index (χ4v) is 6.61. The molecule has 4 aliphatic rings. The van der Waals surface area contributed by atoms with E-state index in [0.29, 0.717) is 48.6 Å². The predicted molar refractivity (Wildman–Crippen MR) is 173 cm³/mol. The Balaban J connectivity index is 0.000000216. The summed E-state index contributed by atoms with van der Waals surface area (Å²) >= 11 is 0. The van der Waals surface area contributed by atoms with Gasteiger partial charge in [-0.2, -0.15) is 0 Å². The maximum atomic E-state index is 14.6. The number of piperazine rings is 2. The first-order chi connectivity index (χ1) is 23.1. The molecule has 0 unspecified atom stereocenters. The second-order valence-electron chi connectivity index (χ2n) is 12.7. The van der Waals surface area contributed by atoms with Crippen LogP contribution in [0, 0.1) is 42.7 Å². The molecule has 2 aromatic carbocycles. The van der Waals surface area contributed by atoms with Crippen LogP contribution in [0.5, 0.6) is 0 Å². The number of fused-ring (bicyclic) bond motifs is 2. The third-order valence-electron chi connectivity index (χ3n) is 9.44. The van der Waals surface area contributed by atoms with Crippen LogP contribution < -0.4 is 41.5 Å². The van der Waals surface area contributed by atoms with E-state index in [4.69, 9.17) is 0 Å². The molecule has 0 amide bonds. The Bertz CT molecular complexity index is 1930. The van der Waals surface area contributed by atoms with E-state index in [-0.39, 0.29) is 64.9 Å². The molecule has 17 heteroatoms. The maximum absolute atomic E-state index is 14.6. The van der Waals surface area contributed by atoms with Crippen molar-refractivity contribution >= 4 is 45.1 Å². The predicted octanol–water partition coefficient (Wildman–Crippen LogP) is 0.260. The van der Waals surface area contributed by atoms with E-state index >= 15 is 0 Å². The number of hydrogen-bond donors (Lipinski definition) is 2. The molecule has 51 heavy (non-hydrogen) atoms. The number of rotatable bonds is 6. The molecular weight excluding hydrogens is 896 g/mol. The number of anilines is 2. The van der Waals surface area contributed by atoms with Gasteiger partial charge in [-0.1, -0.05) is 0 Å². The van der Waals surface area contributed by atoms with E-state index in [9.17, 15) is 38.2 Å². The summed E-state index contributed by atoms with van der Waals surface area (Å²) in [7, 11) is 0. The molecule has 0 atom stereocenters. The zero-order chi connectivity index (χ0) is 33.7. The summed E-state index contributed by atoms with van der Waals surface area (Å²) in [6.45, 7) is 5.85. The second-order valence-corrected chi connectivity index (χ2v) is 12.7. The molecule has 2 aliphatic heterocycles. The van der Waals surface area contributed by atoms with Crippen LogP contribution in [0.2, 0.25) is 0 Å². The Morgan fingerprint density at radius 3 is 1.25 bits per heavy atom. The number of carboxylic acid groups (broad SMARTS) is 2. The van der Waals surface area contributed by atoms with Crippen molar-refractivity contribution in [2.45, 2.75) is 37.8 Å². The van der Waals surface area contributed by atoms with Gasteiger partial charge in [-0.25, -0.2) is 8.78 Å². The van der Waals surface area contributed by atoms with Gasteiger partial charge >= 0.3 is 0 Å². The van der Waals surface area contributed by atoms with Crippen molar-refractivity contribution < 1.29 is 70.6 Å². The van der Waals surface area contributed by atoms with E-state index in [0.717, 1.165) is 51.9 Å². The number of benzene rings is 2. The first kappa shape index (κ1) is 39.9. The number of carbonyl (C=O) groups is 2. The van der Waals surface area contributed by atoms with Crippen molar-refractivity contribution in [1.82, 2.24) is 19.8 Å². The van der Waals surface area contributed by atoms with Gasteiger partial charge in [0.1, 0.15) is 11.6 Å². The molecule has 8 rings (SSSR count). The number of nitrogens with zero attached hydrogens (tertiary/aromatic N) is 4. The molecule has 4 heterocycles. The number of aromatic carboxylic acids is 2. The molecule has 2 aromatic heterocycles.